The monoisotopic (exact) mass is 260 g/mol. The maximum Gasteiger partial charge on any atom is 0.437 e. The van der Waals surface area contributed by atoms with Gasteiger partial charge in [0.1, 0.15) is 17.1 Å². The zero-order chi connectivity index (χ0) is 14.0. The molecule has 0 radical (unpaired) electrons. The third-order valence-corrected chi connectivity index (χ3v) is 2.23. The summed E-state index contributed by atoms with van der Waals surface area (Å²) in [4.78, 5) is 16.1. The minimum absolute atomic E-state index is 0.218. The van der Waals surface area contributed by atoms with Crippen LogP contribution in [0.3, 0.4) is 0 Å². The van der Waals surface area contributed by atoms with E-state index >= 15 is 0 Å². The number of nitrogen functional groups attached to an aromatic ring is 1. The number of anilines is 1. The number of carbonyl (C=O) groups is 1. The van der Waals surface area contributed by atoms with Crippen molar-refractivity contribution in [2.45, 2.75) is 26.4 Å². The smallest absolute Gasteiger partial charge is 0.437 e. The highest BCUT2D eigenvalue weighted by Crippen LogP contribution is 2.19. The van der Waals surface area contributed by atoms with Gasteiger partial charge in [0.05, 0.1) is 5.69 Å². The molecule has 2 aromatic rings. The number of hydrogen-bond donors (Lipinski definition) is 1. The van der Waals surface area contributed by atoms with Gasteiger partial charge in [0.25, 0.3) is 0 Å². The van der Waals surface area contributed by atoms with Crippen LogP contribution in [0.1, 0.15) is 20.8 Å². The summed E-state index contributed by atoms with van der Waals surface area (Å²) in [6, 6.07) is 7.02. The van der Waals surface area contributed by atoms with E-state index in [2.05, 4.69) is 10.1 Å². The Morgan fingerprint density at radius 3 is 2.63 bits per heavy atom. The number of ether oxygens (including phenoxy) is 1. The molecular formula is C13H16N4O2. The predicted octanol–water partition coefficient (Wildman–Crippen LogP) is 2.31. The quantitative estimate of drug-likeness (QED) is 0.850. The number of nitrogens with zero attached hydrogens (tertiary/aromatic N) is 3. The van der Waals surface area contributed by atoms with Crippen molar-refractivity contribution in [2.24, 2.45) is 0 Å². The van der Waals surface area contributed by atoms with Gasteiger partial charge in [-0.05, 0) is 32.9 Å². The summed E-state index contributed by atoms with van der Waals surface area (Å²) < 4.78 is 6.25. The standard InChI is InChI=1S/C13H16N4O2/c1-13(2,3)19-12(18)17-11(14)8-10(16-17)9-6-4-5-7-15-9/h4-8H,14H2,1-3H3. The fourth-order valence-corrected chi connectivity index (χ4v) is 1.49. The van der Waals surface area contributed by atoms with Crippen LogP contribution in [0.15, 0.2) is 30.5 Å². The lowest BCUT2D eigenvalue weighted by Gasteiger charge is -2.19. The van der Waals surface area contributed by atoms with E-state index < -0.39 is 11.7 Å². The topological polar surface area (TPSA) is 83.0 Å². The second-order valence-corrected chi connectivity index (χ2v) is 5.06. The first-order valence-corrected chi connectivity index (χ1v) is 5.87. The van der Waals surface area contributed by atoms with Gasteiger partial charge in [0.2, 0.25) is 0 Å². The molecule has 0 saturated heterocycles. The summed E-state index contributed by atoms with van der Waals surface area (Å²) in [5.74, 6) is 0.218. The Morgan fingerprint density at radius 1 is 1.32 bits per heavy atom. The zero-order valence-electron chi connectivity index (χ0n) is 11.1. The molecule has 0 amide bonds. The molecule has 0 fully saturated rings. The van der Waals surface area contributed by atoms with E-state index in [1.54, 1.807) is 45.2 Å². The van der Waals surface area contributed by atoms with Crippen molar-refractivity contribution in [1.29, 1.82) is 0 Å². The Balaban J connectivity index is 2.30. The molecule has 100 valence electrons. The fourth-order valence-electron chi connectivity index (χ4n) is 1.49. The second kappa shape index (κ2) is 4.72. The number of hydrogen-bond acceptors (Lipinski definition) is 5. The molecule has 6 nitrogen and oxygen atoms in total. The summed E-state index contributed by atoms with van der Waals surface area (Å²) in [5, 5.41) is 4.12. The Kier molecular flexibility index (Phi) is 3.25. The van der Waals surface area contributed by atoms with Crippen molar-refractivity contribution < 1.29 is 9.53 Å². The highest BCUT2D eigenvalue weighted by molar-refractivity contribution is 5.76. The summed E-state index contributed by atoms with van der Waals surface area (Å²) in [6.45, 7) is 5.35. The van der Waals surface area contributed by atoms with Gasteiger partial charge in [0, 0.05) is 12.3 Å². The SMILES string of the molecule is CC(C)(C)OC(=O)n1nc(-c2ccccn2)cc1N. The van der Waals surface area contributed by atoms with E-state index in [0.717, 1.165) is 4.68 Å². The number of aromatic nitrogens is 3. The first-order chi connectivity index (χ1) is 8.87. The van der Waals surface area contributed by atoms with E-state index in [1.807, 2.05) is 6.07 Å². The lowest BCUT2D eigenvalue weighted by molar-refractivity contribution is 0.0519. The van der Waals surface area contributed by atoms with Crippen molar-refractivity contribution in [3.63, 3.8) is 0 Å². The zero-order valence-corrected chi connectivity index (χ0v) is 11.1. The van der Waals surface area contributed by atoms with Crippen LogP contribution >= 0.6 is 0 Å². The average Bonchev–Trinajstić information content (AvgIpc) is 2.70. The largest absolute Gasteiger partial charge is 0.442 e. The maximum absolute atomic E-state index is 11.9. The molecule has 0 spiro atoms. The number of nitrogens with two attached hydrogens (primary N) is 1. The first kappa shape index (κ1) is 13.1. The van der Waals surface area contributed by atoms with Crippen LogP contribution < -0.4 is 5.73 Å². The van der Waals surface area contributed by atoms with Gasteiger partial charge < -0.3 is 10.5 Å². The molecule has 0 aliphatic carbocycles. The van der Waals surface area contributed by atoms with Crippen molar-refractivity contribution in [3.8, 4) is 11.4 Å². The molecule has 0 atom stereocenters. The Morgan fingerprint density at radius 2 is 2.05 bits per heavy atom. The molecule has 0 unspecified atom stereocenters. The fraction of sp³-hybridized carbons (Fsp3) is 0.308. The molecule has 2 rings (SSSR count). The lowest BCUT2D eigenvalue weighted by atomic mass is 10.2. The predicted molar refractivity (Wildman–Crippen MR) is 71.5 cm³/mol. The van der Waals surface area contributed by atoms with Crippen LogP contribution in [0.2, 0.25) is 0 Å². The lowest BCUT2D eigenvalue weighted by Crippen LogP contribution is -2.28. The molecular weight excluding hydrogens is 244 g/mol. The van der Waals surface area contributed by atoms with Gasteiger partial charge in [0.15, 0.2) is 0 Å². The first-order valence-electron chi connectivity index (χ1n) is 5.87. The van der Waals surface area contributed by atoms with Crippen molar-refractivity contribution in [1.82, 2.24) is 14.8 Å². The Labute approximate surface area is 111 Å². The highest BCUT2D eigenvalue weighted by atomic mass is 16.6. The average molecular weight is 260 g/mol. The Hall–Kier alpha value is -2.37. The van der Waals surface area contributed by atoms with Crippen LogP contribution in [0.5, 0.6) is 0 Å². The van der Waals surface area contributed by atoms with Crippen LogP contribution in [-0.2, 0) is 4.74 Å². The summed E-state index contributed by atoms with van der Waals surface area (Å²) in [6.07, 6.45) is 1.05. The molecule has 6 heteroatoms. The summed E-state index contributed by atoms with van der Waals surface area (Å²) >= 11 is 0. The van der Waals surface area contributed by atoms with Gasteiger partial charge in [-0.2, -0.15) is 5.10 Å². The Bertz CT molecular complexity index is 584. The molecule has 2 aromatic heterocycles. The van der Waals surface area contributed by atoms with E-state index in [0.29, 0.717) is 11.4 Å². The van der Waals surface area contributed by atoms with E-state index in [4.69, 9.17) is 10.5 Å². The van der Waals surface area contributed by atoms with Crippen molar-refractivity contribution in [3.05, 3.63) is 30.5 Å². The third kappa shape index (κ3) is 3.09. The van der Waals surface area contributed by atoms with Crippen LogP contribution in [-0.4, -0.2) is 26.5 Å². The second-order valence-electron chi connectivity index (χ2n) is 5.06. The summed E-state index contributed by atoms with van der Waals surface area (Å²) in [5.41, 5.74) is 6.35. The molecule has 19 heavy (non-hydrogen) atoms. The van der Waals surface area contributed by atoms with Gasteiger partial charge in [-0.25, -0.2) is 4.79 Å². The highest BCUT2D eigenvalue weighted by Gasteiger charge is 2.21. The minimum Gasteiger partial charge on any atom is -0.442 e. The molecule has 0 aromatic carbocycles. The van der Waals surface area contributed by atoms with Gasteiger partial charge in [-0.1, -0.05) is 6.07 Å². The van der Waals surface area contributed by atoms with Gasteiger partial charge in [-0.3, -0.25) is 4.98 Å². The van der Waals surface area contributed by atoms with Gasteiger partial charge >= 0.3 is 6.09 Å². The molecule has 0 aliphatic rings. The molecule has 0 bridgehead atoms. The van der Waals surface area contributed by atoms with Gasteiger partial charge in [-0.15, -0.1) is 4.68 Å². The minimum atomic E-state index is -0.604. The van der Waals surface area contributed by atoms with Crippen LogP contribution in [0, 0.1) is 0 Å². The molecule has 2 heterocycles. The normalized spacial score (nSPS) is 11.3. The van der Waals surface area contributed by atoms with E-state index in [9.17, 15) is 4.79 Å². The van der Waals surface area contributed by atoms with Crippen LogP contribution in [0.4, 0.5) is 10.6 Å². The number of pyridine rings is 1. The molecule has 0 aliphatic heterocycles. The summed E-state index contributed by atoms with van der Waals surface area (Å²) in [7, 11) is 0. The van der Waals surface area contributed by atoms with Crippen molar-refractivity contribution >= 4 is 11.9 Å². The molecule has 2 N–H and O–H groups in total. The van der Waals surface area contributed by atoms with E-state index in [1.165, 1.54) is 0 Å². The number of carbonyl (C=O) groups excluding carboxylic acids is 1. The molecule has 0 saturated carbocycles. The maximum atomic E-state index is 11.9. The number of rotatable bonds is 1. The third-order valence-electron chi connectivity index (χ3n) is 2.23. The van der Waals surface area contributed by atoms with Crippen LogP contribution in [0.25, 0.3) is 11.4 Å². The van der Waals surface area contributed by atoms with E-state index in [-0.39, 0.29) is 5.82 Å². The van der Waals surface area contributed by atoms with Crippen molar-refractivity contribution in [2.75, 3.05) is 5.73 Å².